The highest BCUT2D eigenvalue weighted by atomic mass is 32.1. The first kappa shape index (κ1) is 10.8. The number of methoxy groups -OCH3 is 1. The monoisotopic (exact) mass is 212 g/mol. The summed E-state index contributed by atoms with van der Waals surface area (Å²) in [6.45, 7) is 4.18. The summed E-state index contributed by atoms with van der Waals surface area (Å²) >= 11 is 4.08. The van der Waals surface area contributed by atoms with Crippen LogP contribution in [-0.4, -0.2) is 28.6 Å². The molecule has 6 heteroatoms. The molecule has 0 radical (unpaired) electrons. The van der Waals surface area contributed by atoms with Crippen molar-refractivity contribution >= 4 is 18.6 Å². The van der Waals surface area contributed by atoms with Crippen LogP contribution in [0.4, 0.5) is 5.95 Å². The van der Waals surface area contributed by atoms with Crippen LogP contribution in [0.1, 0.15) is 5.82 Å². The van der Waals surface area contributed by atoms with Gasteiger partial charge in [0.1, 0.15) is 5.82 Å². The highest BCUT2D eigenvalue weighted by Crippen LogP contribution is 2.08. The zero-order chi connectivity index (χ0) is 10.4. The lowest BCUT2D eigenvalue weighted by atomic mass is 10.6. The Bertz CT molecular complexity index is 296. The molecule has 0 aromatic carbocycles. The maximum absolute atomic E-state index is 4.92. The van der Waals surface area contributed by atoms with E-state index < -0.39 is 0 Å². The molecule has 0 amide bonds. The van der Waals surface area contributed by atoms with Crippen LogP contribution in [0.5, 0.6) is 6.01 Å². The first-order chi connectivity index (χ1) is 6.80. The summed E-state index contributed by atoms with van der Waals surface area (Å²) in [5.74, 6) is 1.49. The van der Waals surface area contributed by atoms with Gasteiger partial charge in [-0.1, -0.05) is 6.08 Å². The predicted octanol–water partition coefficient (Wildman–Crippen LogP) is 0.908. The molecule has 0 spiro atoms. The van der Waals surface area contributed by atoms with E-state index in [9.17, 15) is 0 Å². The third-order valence-electron chi connectivity index (χ3n) is 1.39. The molecule has 0 fully saturated rings. The molecule has 0 aliphatic rings. The lowest BCUT2D eigenvalue weighted by Gasteiger charge is -2.04. The molecule has 0 saturated heterocycles. The second kappa shape index (κ2) is 5.43. The maximum Gasteiger partial charge on any atom is 0.321 e. The fraction of sp³-hybridized carbons (Fsp3) is 0.375. The number of nitrogens with one attached hydrogen (secondary N) is 1. The lowest BCUT2D eigenvalue weighted by Crippen LogP contribution is -2.07. The molecule has 76 valence electrons. The van der Waals surface area contributed by atoms with Crippen molar-refractivity contribution in [2.24, 2.45) is 0 Å². The molecule has 0 saturated carbocycles. The van der Waals surface area contributed by atoms with Gasteiger partial charge in [-0.3, -0.25) is 0 Å². The highest BCUT2D eigenvalue weighted by Gasteiger charge is 2.03. The molecule has 5 nitrogen and oxygen atoms in total. The molecule has 1 rings (SSSR count). The van der Waals surface area contributed by atoms with E-state index in [2.05, 4.69) is 39.5 Å². The second-order valence-electron chi connectivity index (χ2n) is 2.39. The summed E-state index contributed by atoms with van der Waals surface area (Å²) < 4.78 is 4.92. The normalized spacial score (nSPS) is 9.57. The fourth-order valence-corrected chi connectivity index (χ4v) is 0.944. The number of ether oxygens (including phenoxy) is 1. The van der Waals surface area contributed by atoms with Crippen molar-refractivity contribution < 1.29 is 4.74 Å². The van der Waals surface area contributed by atoms with E-state index in [0.717, 1.165) is 0 Å². The number of hydrogen-bond donors (Lipinski definition) is 2. The van der Waals surface area contributed by atoms with Gasteiger partial charge < -0.3 is 10.1 Å². The molecule has 0 aliphatic heterocycles. The SMILES string of the molecule is C=CCNc1nc(CS)nc(OC)n1. The zero-order valence-corrected chi connectivity index (χ0v) is 8.79. The Morgan fingerprint density at radius 1 is 1.50 bits per heavy atom. The summed E-state index contributed by atoms with van der Waals surface area (Å²) in [6, 6.07) is 0.288. The molecule has 1 aromatic heterocycles. The molecule has 0 aliphatic carbocycles. The van der Waals surface area contributed by atoms with Crippen LogP contribution in [0.2, 0.25) is 0 Å². The Labute approximate surface area is 88.0 Å². The lowest BCUT2D eigenvalue weighted by molar-refractivity contribution is 0.377. The van der Waals surface area contributed by atoms with Crippen molar-refractivity contribution in [2.75, 3.05) is 19.0 Å². The molecule has 0 unspecified atom stereocenters. The molecule has 0 atom stereocenters. The number of hydrogen-bond acceptors (Lipinski definition) is 6. The zero-order valence-electron chi connectivity index (χ0n) is 7.90. The van der Waals surface area contributed by atoms with Crippen LogP contribution >= 0.6 is 12.6 Å². The van der Waals surface area contributed by atoms with Gasteiger partial charge in [0.25, 0.3) is 0 Å². The van der Waals surface area contributed by atoms with Gasteiger partial charge in [0.2, 0.25) is 5.95 Å². The number of nitrogens with zero attached hydrogens (tertiary/aromatic N) is 3. The quantitative estimate of drug-likeness (QED) is 0.561. The maximum atomic E-state index is 4.92. The minimum atomic E-state index is 0.288. The van der Waals surface area contributed by atoms with Crippen LogP contribution in [0, 0.1) is 0 Å². The van der Waals surface area contributed by atoms with Gasteiger partial charge in [0.15, 0.2) is 0 Å². The van der Waals surface area contributed by atoms with Gasteiger partial charge in [-0.25, -0.2) is 0 Å². The van der Waals surface area contributed by atoms with Gasteiger partial charge in [0.05, 0.1) is 12.9 Å². The van der Waals surface area contributed by atoms with Crippen LogP contribution < -0.4 is 10.1 Å². The minimum absolute atomic E-state index is 0.288. The van der Waals surface area contributed by atoms with E-state index in [1.54, 1.807) is 6.08 Å². The number of rotatable bonds is 5. The van der Waals surface area contributed by atoms with Crippen molar-refractivity contribution in [2.45, 2.75) is 5.75 Å². The Kier molecular flexibility index (Phi) is 4.18. The molecule has 1 aromatic rings. The third kappa shape index (κ3) is 2.88. The standard InChI is InChI=1S/C8H12N4OS/c1-3-4-9-7-10-6(5-14)11-8(12-7)13-2/h3,14H,1,4-5H2,2H3,(H,9,10,11,12). The smallest absolute Gasteiger partial charge is 0.321 e. The number of thiol groups is 1. The summed E-state index contributed by atoms with van der Waals surface area (Å²) in [5.41, 5.74) is 0. The predicted molar refractivity (Wildman–Crippen MR) is 57.8 cm³/mol. The van der Waals surface area contributed by atoms with E-state index >= 15 is 0 Å². The average molecular weight is 212 g/mol. The molecule has 14 heavy (non-hydrogen) atoms. The van der Waals surface area contributed by atoms with Gasteiger partial charge in [-0.2, -0.15) is 27.6 Å². The largest absolute Gasteiger partial charge is 0.467 e. The van der Waals surface area contributed by atoms with Crippen LogP contribution in [-0.2, 0) is 5.75 Å². The van der Waals surface area contributed by atoms with E-state index in [1.165, 1.54) is 7.11 Å². The van der Waals surface area contributed by atoms with E-state index in [0.29, 0.717) is 24.1 Å². The fourth-order valence-electron chi connectivity index (χ4n) is 0.803. The summed E-state index contributed by atoms with van der Waals surface area (Å²) in [7, 11) is 1.51. The van der Waals surface area contributed by atoms with Gasteiger partial charge in [0, 0.05) is 6.54 Å². The van der Waals surface area contributed by atoms with Crippen LogP contribution in [0.3, 0.4) is 0 Å². The van der Waals surface area contributed by atoms with Crippen molar-refractivity contribution in [3.05, 3.63) is 18.5 Å². The topological polar surface area (TPSA) is 59.9 Å². The summed E-state index contributed by atoms with van der Waals surface area (Å²) in [6.07, 6.45) is 1.72. The van der Waals surface area contributed by atoms with Gasteiger partial charge in [-0.15, -0.1) is 6.58 Å². The van der Waals surface area contributed by atoms with Crippen molar-refractivity contribution in [1.29, 1.82) is 0 Å². The van der Waals surface area contributed by atoms with Crippen molar-refractivity contribution in [3.63, 3.8) is 0 Å². The van der Waals surface area contributed by atoms with E-state index in [4.69, 9.17) is 4.74 Å². The Balaban J connectivity index is 2.86. The minimum Gasteiger partial charge on any atom is -0.467 e. The average Bonchev–Trinajstić information content (AvgIpc) is 2.25. The molecular formula is C8H12N4OS. The summed E-state index contributed by atoms with van der Waals surface area (Å²) in [4.78, 5) is 12.1. The van der Waals surface area contributed by atoms with Crippen LogP contribution in [0.15, 0.2) is 12.7 Å². The molecular weight excluding hydrogens is 200 g/mol. The second-order valence-corrected chi connectivity index (χ2v) is 2.71. The van der Waals surface area contributed by atoms with Crippen molar-refractivity contribution in [3.8, 4) is 6.01 Å². The third-order valence-corrected chi connectivity index (χ3v) is 1.67. The van der Waals surface area contributed by atoms with Gasteiger partial charge in [-0.05, 0) is 0 Å². The first-order valence-corrected chi connectivity index (χ1v) is 4.68. The molecule has 0 bridgehead atoms. The number of aromatic nitrogens is 3. The molecule has 1 heterocycles. The number of anilines is 1. The van der Waals surface area contributed by atoms with Crippen LogP contribution in [0.25, 0.3) is 0 Å². The van der Waals surface area contributed by atoms with Crippen molar-refractivity contribution in [1.82, 2.24) is 15.0 Å². The molecule has 1 N–H and O–H groups in total. The Morgan fingerprint density at radius 3 is 2.86 bits per heavy atom. The Morgan fingerprint density at radius 2 is 2.29 bits per heavy atom. The first-order valence-electron chi connectivity index (χ1n) is 4.04. The Hall–Kier alpha value is -1.30. The van der Waals surface area contributed by atoms with E-state index in [1.807, 2.05) is 0 Å². The van der Waals surface area contributed by atoms with Gasteiger partial charge >= 0.3 is 6.01 Å². The highest BCUT2D eigenvalue weighted by molar-refractivity contribution is 7.79. The summed E-state index contributed by atoms with van der Waals surface area (Å²) in [5, 5.41) is 2.95. The van der Waals surface area contributed by atoms with E-state index in [-0.39, 0.29) is 6.01 Å².